The molecule has 0 aromatic carbocycles. The van der Waals surface area contributed by atoms with E-state index >= 15 is 0 Å². The van der Waals surface area contributed by atoms with Gasteiger partial charge >= 0.3 is 0 Å². The Balaban J connectivity index is 2.77. The van der Waals surface area contributed by atoms with Gasteiger partial charge in [-0.2, -0.15) is 4.98 Å². The topological polar surface area (TPSA) is 84.3 Å². The van der Waals surface area contributed by atoms with Gasteiger partial charge in [0.15, 0.2) is 5.82 Å². The molecule has 1 amide bonds. The molecular formula is C8H11N3O3. The van der Waals surface area contributed by atoms with Gasteiger partial charge in [0.25, 0.3) is 5.88 Å². The molecule has 6 nitrogen and oxygen atoms in total. The highest BCUT2D eigenvalue weighted by Gasteiger charge is 2.05. The fourth-order valence-electron chi connectivity index (χ4n) is 0.795. The Hall–Kier alpha value is -1.85. The zero-order valence-electron chi connectivity index (χ0n) is 7.73. The van der Waals surface area contributed by atoms with Crippen LogP contribution in [0.15, 0.2) is 6.20 Å². The minimum absolute atomic E-state index is 0.00592. The summed E-state index contributed by atoms with van der Waals surface area (Å²) >= 11 is 0. The first-order valence-electron chi connectivity index (χ1n) is 4.17. The molecule has 1 aromatic heterocycles. The fraction of sp³-hybridized carbons (Fsp3) is 0.375. The largest absolute Gasteiger partial charge is 0.491 e. The standard InChI is InChI=1S/C8H11N3O3/c1-2-3-14-6-4-9-8(13)7(11-6)10-5-12/h4-5H,2-3H2,1H3,(H,9,13)(H,10,11,12). The van der Waals surface area contributed by atoms with E-state index in [1.165, 1.54) is 6.20 Å². The summed E-state index contributed by atoms with van der Waals surface area (Å²) < 4.78 is 5.16. The van der Waals surface area contributed by atoms with Crippen molar-refractivity contribution in [1.82, 2.24) is 9.97 Å². The van der Waals surface area contributed by atoms with Crippen molar-refractivity contribution in [1.29, 1.82) is 0 Å². The molecule has 14 heavy (non-hydrogen) atoms. The lowest BCUT2D eigenvalue weighted by Crippen LogP contribution is -2.02. The van der Waals surface area contributed by atoms with E-state index in [0.29, 0.717) is 13.0 Å². The number of amides is 1. The molecule has 0 saturated carbocycles. The third-order valence-electron chi connectivity index (χ3n) is 1.38. The van der Waals surface area contributed by atoms with Gasteiger partial charge in [0.2, 0.25) is 12.3 Å². The number of nitrogens with one attached hydrogen (secondary N) is 1. The summed E-state index contributed by atoms with van der Waals surface area (Å²) in [5.41, 5.74) is 0. The minimum atomic E-state index is -0.332. The molecule has 0 unspecified atom stereocenters. The Morgan fingerprint density at radius 1 is 1.71 bits per heavy atom. The third kappa shape index (κ3) is 2.58. The monoisotopic (exact) mass is 197 g/mol. The number of carbonyl (C=O) groups is 1. The summed E-state index contributed by atoms with van der Waals surface area (Å²) in [4.78, 5) is 17.5. The summed E-state index contributed by atoms with van der Waals surface area (Å²) in [7, 11) is 0. The zero-order valence-corrected chi connectivity index (χ0v) is 7.73. The summed E-state index contributed by atoms with van der Waals surface area (Å²) in [6.45, 7) is 2.47. The molecule has 0 spiro atoms. The van der Waals surface area contributed by atoms with E-state index in [0.717, 1.165) is 6.42 Å². The third-order valence-corrected chi connectivity index (χ3v) is 1.38. The minimum Gasteiger partial charge on any atom is -0.491 e. The summed E-state index contributed by atoms with van der Waals surface area (Å²) in [5, 5.41) is 11.3. The molecule has 2 N–H and O–H groups in total. The fourth-order valence-corrected chi connectivity index (χ4v) is 0.795. The van der Waals surface area contributed by atoms with Gasteiger partial charge in [0, 0.05) is 0 Å². The van der Waals surface area contributed by atoms with E-state index in [1.54, 1.807) is 0 Å². The number of aromatic nitrogens is 2. The Morgan fingerprint density at radius 3 is 3.14 bits per heavy atom. The van der Waals surface area contributed by atoms with Crippen LogP contribution in [0.25, 0.3) is 0 Å². The van der Waals surface area contributed by atoms with Gasteiger partial charge in [-0.1, -0.05) is 6.92 Å². The molecule has 76 valence electrons. The number of hydrogen-bond donors (Lipinski definition) is 2. The van der Waals surface area contributed by atoms with Crippen LogP contribution in [0.4, 0.5) is 5.82 Å². The Labute approximate surface area is 80.9 Å². The van der Waals surface area contributed by atoms with Gasteiger partial charge in [0.05, 0.1) is 12.8 Å². The Bertz CT molecular complexity index is 317. The number of carbonyl (C=O) groups excluding carboxylic acids is 1. The Kier molecular flexibility index (Phi) is 3.66. The SMILES string of the molecule is CCCOc1cnc(O)c(NC=O)n1. The first kappa shape index (κ1) is 10.2. The molecule has 0 aliphatic rings. The second-order valence-corrected chi connectivity index (χ2v) is 2.49. The summed E-state index contributed by atoms with van der Waals surface area (Å²) in [5.74, 6) is -0.0662. The zero-order chi connectivity index (χ0) is 10.4. The quantitative estimate of drug-likeness (QED) is 0.673. The number of anilines is 1. The highest BCUT2D eigenvalue weighted by atomic mass is 16.5. The van der Waals surface area contributed by atoms with Crippen molar-refractivity contribution in [3.8, 4) is 11.8 Å². The van der Waals surface area contributed by atoms with E-state index in [-0.39, 0.29) is 17.6 Å². The van der Waals surface area contributed by atoms with Crippen LogP contribution in [-0.2, 0) is 4.79 Å². The predicted molar refractivity (Wildman–Crippen MR) is 49.2 cm³/mol. The van der Waals surface area contributed by atoms with Gasteiger partial charge in [-0.3, -0.25) is 4.79 Å². The smallest absolute Gasteiger partial charge is 0.255 e. The van der Waals surface area contributed by atoms with Crippen LogP contribution in [0.1, 0.15) is 13.3 Å². The van der Waals surface area contributed by atoms with E-state index in [1.807, 2.05) is 6.92 Å². The average molecular weight is 197 g/mol. The maximum atomic E-state index is 10.1. The van der Waals surface area contributed by atoms with Gasteiger partial charge in [-0.25, -0.2) is 4.98 Å². The molecule has 1 aromatic rings. The van der Waals surface area contributed by atoms with E-state index in [9.17, 15) is 4.79 Å². The van der Waals surface area contributed by atoms with Crippen molar-refractivity contribution < 1.29 is 14.6 Å². The van der Waals surface area contributed by atoms with Crippen LogP contribution in [-0.4, -0.2) is 28.1 Å². The van der Waals surface area contributed by atoms with Crippen molar-refractivity contribution in [2.45, 2.75) is 13.3 Å². The average Bonchev–Trinajstić information content (AvgIpc) is 2.19. The van der Waals surface area contributed by atoms with E-state index in [4.69, 9.17) is 9.84 Å². The van der Waals surface area contributed by atoms with Crippen molar-refractivity contribution in [2.75, 3.05) is 11.9 Å². The summed E-state index contributed by atoms with van der Waals surface area (Å²) in [6, 6.07) is 0. The predicted octanol–water partition coefficient (Wildman–Crippen LogP) is 0.539. The van der Waals surface area contributed by atoms with Gasteiger partial charge < -0.3 is 15.2 Å². The molecule has 0 fully saturated rings. The number of hydrogen-bond acceptors (Lipinski definition) is 5. The number of aromatic hydroxyl groups is 1. The van der Waals surface area contributed by atoms with E-state index in [2.05, 4.69) is 15.3 Å². The molecule has 0 bridgehead atoms. The lowest BCUT2D eigenvalue weighted by Gasteiger charge is -2.05. The number of ether oxygens (including phenoxy) is 1. The highest BCUT2D eigenvalue weighted by molar-refractivity contribution is 5.71. The summed E-state index contributed by atoms with van der Waals surface area (Å²) in [6.07, 6.45) is 2.55. The highest BCUT2D eigenvalue weighted by Crippen LogP contribution is 2.19. The van der Waals surface area contributed by atoms with Crippen molar-refractivity contribution in [3.63, 3.8) is 0 Å². The van der Waals surface area contributed by atoms with Crippen LogP contribution in [0.5, 0.6) is 11.8 Å². The normalized spacial score (nSPS) is 9.50. The Morgan fingerprint density at radius 2 is 2.50 bits per heavy atom. The van der Waals surface area contributed by atoms with E-state index < -0.39 is 0 Å². The van der Waals surface area contributed by atoms with Crippen LogP contribution >= 0.6 is 0 Å². The molecule has 0 saturated heterocycles. The second kappa shape index (κ2) is 5.00. The van der Waals surface area contributed by atoms with Crippen LogP contribution < -0.4 is 10.1 Å². The number of rotatable bonds is 5. The lowest BCUT2D eigenvalue weighted by atomic mass is 10.5. The van der Waals surface area contributed by atoms with Gasteiger partial charge in [0.1, 0.15) is 0 Å². The van der Waals surface area contributed by atoms with Gasteiger partial charge in [-0.05, 0) is 6.42 Å². The van der Waals surface area contributed by atoms with Crippen molar-refractivity contribution in [3.05, 3.63) is 6.20 Å². The molecule has 1 heterocycles. The molecule has 1 rings (SSSR count). The molecular weight excluding hydrogens is 186 g/mol. The number of nitrogens with zero attached hydrogens (tertiary/aromatic N) is 2. The molecule has 0 aliphatic carbocycles. The van der Waals surface area contributed by atoms with Gasteiger partial charge in [-0.15, -0.1) is 0 Å². The molecule has 0 radical (unpaired) electrons. The molecule has 6 heteroatoms. The molecule has 0 aliphatic heterocycles. The van der Waals surface area contributed by atoms with Crippen molar-refractivity contribution in [2.24, 2.45) is 0 Å². The maximum absolute atomic E-state index is 10.1. The first-order valence-corrected chi connectivity index (χ1v) is 4.17. The molecule has 0 atom stereocenters. The second-order valence-electron chi connectivity index (χ2n) is 2.49. The lowest BCUT2D eigenvalue weighted by molar-refractivity contribution is -0.105. The maximum Gasteiger partial charge on any atom is 0.255 e. The first-order chi connectivity index (χ1) is 6.77. The van der Waals surface area contributed by atoms with Crippen LogP contribution in [0, 0.1) is 0 Å². The van der Waals surface area contributed by atoms with Crippen molar-refractivity contribution >= 4 is 12.2 Å². The van der Waals surface area contributed by atoms with Crippen LogP contribution in [0.2, 0.25) is 0 Å². The van der Waals surface area contributed by atoms with Crippen LogP contribution in [0.3, 0.4) is 0 Å².